The Labute approximate surface area is 199 Å². The maximum Gasteiger partial charge on any atom is 0.511 e. The lowest BCUT2D eigenvalue weighted by molar-refractivity contribution is -0.0496. The van der Waals surface area contributed by atoms with Gasteiger partial charge in [-0.25, -0.2) is 8.42 Å². The molecule has 2 aliphatic rings. The molecule has 0 amide bonds. The van der Waals surface area contributed by atoms with Crippen molar-refractivity contribution >= 4 is 40.0 Å². The highest BCUT2D eigenvalue weighted by Crippen LogP contribution is 2.42. The summed E-state index contributed by atoms with van der Waals surface area (Å²) in [5.41, 5.74) is -2.63. The van der Waals surface area contributed by atoms with Crippen molar-refractivity contribution in [1.82, 2.24) is 14.9 Å². The van der Waals surface area contributed by atoms with Crippen LogP contribution in [0.25, 0.3) is 0 Å². The third kappa shape index (κ3) is 6.47. The number of alkyl halides is 3. The van der Waals surface area contributed by atoms with Gasteiger partial charge in [0, 0.05) is 38.1 Å². The van der Waals surface area contributed by atoms with E-state index < -0.39 is 15.5 Å². The highest BCUT2D eigenvalue weighted by atomic mass is 127. The van der Waals surface area contributed by atoms with E-state index in [1.54, 1.807) is 0 Å². The molecule has 0 bridgehead atoms. The molecule has 1 aromatic carbocycles. The molecule has 1 aliphatic carbocycles. The van der Waals surface area contributed by atoms with Gasteiger partial charge in [0.25, 0.3) is 0 Å². The first kappa shape index (κ1) is 26.2. The zero-order valence-electron chi connectivity index (χ0n) is 17.7. The lowest BCUT2D eigenvalue weighted by Crippen LogP contribution is -2.45. The van der Waals surface area contributed by atoms with Crippen molar-refractivity contribution in [3.05, 3.63) is 35.4 Å². The lowest BCUT2D eigenvalue weighted by Gasteiger charge is -2.30. The number of piperidine rings is 1. The summed E-state index contributed by atoms with van der Waals surface area (Å²) in [7, 11) is -5.23. The first-order valence-electron chi connectivity index (χ1n) is 10.3. The summed E-state index contributed by atoms with van der Waals surface area (Å²) in [4.78, 5) is 4.61. The molecule has 1 heterocycles. The summed E-state index contributed by atoms with van der Waals surface area (Å²) in [6, 6.07) is 8.63. The number of nitrogens with zero attached hydrogens (tertiary/aromatic N) is 2. The average Bonchev–Trinajstić information content (AvgIpc) is 3.45. The van der Waals surface area contributed by atoms with Gasteiger partial charge in [-0.2, -0.15) is 17.5 Å². The van der Waals surface area contributed by atoms with Gasteiger partial charge in [-0.15, -0.1) is 24.0 Å². The van der Waals surface area contributed by atoms with Crippen LogP contribution >= 0.6 is 24.0 Å². The summed E-state index contributed by atoms with van der Waals surface area (Å²) >= 11 is 0. The fourth-order valence-corrected chi connectivity index (χ4v) is 4.88. The maximum absolute atomic E-state index is 12.7. The zero-order chi connectivity index (χ0) is 21.9. The van der Waals surface area contributed by atoms with E-state index in [0.29, 0.717) is 48.2 Å². The van der Waals surface area contributed by atoms with Crippen molar-refractivity contribution in [2.45, 2.75) is 50.6 Å². The second-order valence-electron chi connectivity index (χ2n) is 7.96. The SMILES string of the molecule is CCNC(=NCC1CCN(S(=O)(=O)C(F)(F)F)CC1)NC1CC1c1ccccc1C.I. The van der Waals surface area contributed by atoms with E-state index in [9.17, 15) is 21.6 Å². The van der Waals surface area contributed by atoms with Crippen LogP contribution in [0, 0.1) is 12.8 Å². The van der Waals surface area contributed by atoms with Crippen molar-refractivity contribution < 1.29 is 21.6 Å². The number of guanidine groups is 1. The summed E-state index contributed by atoms with van der Waals surface area (Å²) in [5, 5.41) is 6.66. The van der Waals surface area contributed by atoms with Crippen LogP contribution in [0.1, 0.15) is 43.2 Å². The van der Waals surface area contributed by atoms with E-state index >= 15 is 0 Å². The van der Waals surface area contributed by atoms with Gasteiger partial charge in [-0.3, -0.25) is 4.99 Å². The van der Waals surface area contributed by atoms with E-state index in [2.05, 4.69) is 34.7 Å². The van der Waals surface area contributed by atoms with Gasteiger partial charge in [-0.05, 0) is 50.2 Å². The largest absolute Gasteiger partial charge is 0.511 e. The first-order chi connectivity index (χ1) is 14.1. The topological polar surface area (TPSA) is 73.8 Å². The van der Waals surface area contributed by atoms with Gasteiger partial charge < -0.3 is 10.6 Å². The van der Waals surface area contributed by atoms with Crippen LogP contribution in [0.5, 0.6) is 0 Å². The number of nitrogens with one attached hydrogen (secondary N) is 2. The molecule has 3 rings (SSSR count). The van der Waals surface area contributed by atoms with Crippen LogP contribution in [0.3, 0.4) is 0 Å². The van der Waals surface area contributed by atoms with Crippen LogP contribution in [-0.4, -0.2) is 56.4 Å². The quantitative estimate of drug-likeness (QED) is 0.310. The van der Waals surface area contributed by atoms with Crippen molar-refractivity contribution in [3.63, 3.8) is 0 Å². The molecule has 6 nitrogen and oxygen atoms in total. The Kier molecular flexibility index (Phi) is 9.03. The van der Waals surface area contributed by atoms with Crippen LogP contribution < -0.4 is 10.6 Å². The molecule has 2 fully saturated rings. The number of benzene rings is 1. The molecule has 11 heteroatoms. The van der Waals surface area contributed by atoms with Gasteiger partial charge >= 0.3 is 15.5 Å². The van der Waals surface area contributed by atoms with Gasteiger partial charge in [0.1, 0.15) is 0 Å². The average molecular weight is 574 g/mol. The number of aryl methyl sites for hydroxylation is 1. The molecule has 2 atom stereocenters. The third-order valence-electron chi connectivity index (χ3n) is 5.76. The Morgan fingerprint density at radius 1 is 1.23 bits per heavy atom. The fraction of sp³-hybridized carbons (Fsp3) is 0.650. The zero-order valence-corrected chi connectivity index (χ0v) is 20.8. The summed E-state index contributed by atoms with van der Waals surface area (Å²) in [5.74, 6) is 1.21. The second-order valence-corrected chi connectivity index (χ2v) is 9.89. The van der Waals surface area contributed by atoms with Crippen LogP contribution in [0.15, 0.2) is 29.3 Å². The van der Waals surface area contributed by atoms with Gasteiger partial charge in [0.05, 0.1) is 0 Å². The molecule has 0 aromatic heterocycles. The highest BCUT2D eigenvalue weighted by molar-refractivity contribution is 14.0. The predicted molar refractivity (Wildman–Crippen MR) is 126 cm³/mol. The number of sulfonamides is 1. The van der Waals surface area contributed by atoms with Crippen molar-refractivity contribution in [2.24, 2.45) is 10.9 Å². The van der Waals surface area contributed by atoms with Crippen LogP contribution in [-0.2, 0) is 10.0 Å². The normalized spacial score (nSPS) is 23.2. The smallest absolute Gasteiger partial charge is 0.357 e. The fourth-order valence-electron chi connectivity index (χ4n) is 3.90. The van der Waals surface area contributed by atoms with E-state index in [1.807, 2.05) is 19.1 Å². The molecule has 176 valence electrons. The Hall–Kier alpha value is -1.08. The molecule has 2 N–H and O–H groups in total. The molecule has 31 heavy (non-hydrogen) atoms. The second kappa shape index (κ2) is 10.7. The van der Waals surface area contributed by atoms with E-state index in [-0.39, 0.29) is 43.0 Å². The molecule has 1 aromatic rings. The Bertz CT molecular complexity index is 871. The Morgan fingerprint density at radius 2 is 1.87 bits per heavy atom. The van der Waals surface area contributed by atoms with Gasteiger partial charge in [0.2, 0.25) is 0 Å². The standard InChI is InChI=1S/C20H29F3N4O2S.HI/c1-3-24-19(26-18-12-17(18)16-7-5-4-6-14(16)2)25-13-15-8-10-27(11-9-15)30(28,29)20(21,22)23;/h4-7,15,17-18H,3,8-13H2,1-2H3,(H2,24,25,26);1H. The number of hydrogen-bond acceptors (Lipinski definition) is 3. The highest BCUT2D eigenvalue weighted by Gasteiger charge is 2.50. The first-order valence-corrected chi connectivity index (χ1v) is 11.7. The summed E-state index contributed by atoms with van der Waals surface area (Å²) in [6.07, 6.45) is 1.77. The molecular formula is C20H30F3IN4O2S. The van der Waals surface area contributed by atoms with Crippen LogP contribution in [0.2, 0.25) is 0 Å². The van der Waals surface area contributed by atoms with E-state index in [4.69, 9.17) is 0 Å². The van der Waals surface area contributed by atoms with Crippen molar-refractivity contribution in [2.75, 3.05) is 26.2 Å². The number of aliphatic imine (C=N–C) groups is 1. The minimum Gasteiger partial charge on any atom is -0.357 e. The molecule has 2 unspecified atom stereocenters. The maximum atomic E-state index is 12.7. The number of halogens is 4. The minimum atomic E-state index is -5.24. The summed E-state index contributed by atoms with van der Waals surface area (Å²) < 4.78 is 61.6. The molecule has 1 saturated carbocycles. The molecule has 0 spiro atoms. The van der Waals surface area contributed by atoms with Gasteiger partial charge in [0.15, 0.2) is 5.96 Å². The van der Waals surface area contributed by atoms with E-state index in [1.165, 1.54) is 11.1 Å². The molecule has 1 aliphatic heterocycles. The van der Waals surface area contributed by atoms with E-state index in [0.717, 1.165) is 6.42 Å². The van der Waals surface area contributed by atoms with Crippen molar-refractivity contribution in [3.8, 4) is 0 Å². The minimum absolute atomic E-state index is 0. The number of rotatable bonds is 6. The predicted octanol–water partition coefficient (Wildman–Crippen LogP) is 3.59. The molecular weight excluding hydrogens is 544 g/mol. The number of hydrogen-bond donors (Lipinski definition) is 2. The third-order valence-corrected chi connectivity index (χ3v) is 7.39. The van der Waals surface area contributed by atoms with Gasteiger partial charge in [-0.1, -0.05) is 24.3 Å². The lowest BCUT2D eigenvalue weighted by atomic mass is 9.98. The molecule has 0 radical (unpaired) electrons. The Balaban J connectivity index is 0.00000341. The summed E-state index contributed by atoms with van der Waals surface area (Å²) in [6.45, 7) is 5.00. The van der Waals surface area contributed by atoms with Crippen LogP contribution in [0.4, 0.5) is 13.2 Å². The monoisotopic (exact) mass is 574 g/mol. The molecule has 1 saturated heterocycles. The Morgan fingerprint density at radius 3 is 2.45 bits per heavy atom. The van der Waals surface area contributed by atoms with Crippen molar-refractivity contribution in [1.29, 1.82) is 0 Å².